The van der Waals surface area contributed by atoms with Gasteiger partial charge in [-0.2, -0.15) is 18.4 Å². The second kappa shape index (κ2) is 8.36. The van der Waals surface area contributed by atoms with E-state index < -0.39 is 22.7 Å². The maximum absolute atomic E-state index is 12.8. The van der Waals surface area contributed by atoms with E-state index in [2.05, 4.69) is 15.6 Å². The molecule has 0 unspecified atom stereocenters. The maximum Gasteiger partial charge on any atom is 0.417 e. The van der Waals surface area contributed by atoms with Gasteiger partial charge in [-0.05, 0) is 29.8 Å². The topological polar surface area (TPSA) is 77.8 Å². The van der Waals surface area contributed by atoms with Crippen LogP contribution in [0.4, 0.5) is 18.9 Å². The molecule has 0 aliphatic carbocycles. The van der Waals surface area contributed by atoms with Crippen LogP contribution >= 0.6 is 11.6 Å². The fourth-order valence-corrected chi connectivity index (χ4v) is 2.17. The van der Waals surface area contributed by atoms with Crippen LogP contribution < -0.4 is 10.6 Å². The number of aromatic nitrogens is 1. The van der Waals surface area contributed by atoms with Crippen LogP contribution in [0, 0.1) is 11.3 Å². The Morgan fingerprint density at radius 2 is 2.12 bits per heavy atom. The minimum Gasteiger partial charge on any atom is -0.386 e. The van der Waals surface area contributed by atoms with Gasteiger partial charge >= 0.3 is 6.18 Å². The summed E-state index contributed by atoms with van der Waals surface area (Å²) in [5, 5.41) is 13.6. The fraction of sp³-hybridized carbons (Fsp3) is 0.118. The number of amides is 1. The summed E-state index contributed by atoms with van der Waals surface area (Å²) < 4.78 is 38.5. The number of nitrogens with one attached hydrogen (secondary N) is 2. The highest BCUT2D eigenvalue weighted by atomic mass is 35.5. The summed E-state index contributed by atoms with van der Waals surface area (Å²) in [4.78, 5) is 16.0. The van der Waals surface area contributed by atoms with Crippen LogP contribution in [0.25, 0.3) is 0 Å². The van der Waals surface area contributed by atoms with Crippen LogP contribution in [0.3, 0.4) is 0 Å². The summed E-state index contributed by atoms with van der Waals surface area (Å²) in [6, 6.07) is 8.17. The monoisotopic (exact) mass is 380 g/mol. The molecule has 134 valence electrons. The number of carbonyl (C=O) groups excluding carboxylic acids is 1. The van der Waals surface area contributed by atoms with Crippen molar-refractivity contribution in [3.63, 3.8) is 0 Å². The second-order valence-electron chi connectivity index (χ2n) is 5.06. The number of nitriles is 1. The van der Waals surface area contributed by atoms with Crippen molar-refractivity contribution in [1.82, 2.24) is 10.3 Å². The van der Waals surface area contributed by atoms with Crippen molar-refractivity contribution in [3.8, 4) is 6.07 Å². The summed E-state index contributed by atoms with van der Waals surface area (Å²) in [6.07, 6.45) is -0.256. The lowest BCUT2D eigenvalue weighted by molar-refractivity contribution is -0.137. The van der Waals surface area contributed by atoms with E-state index in [1.807, 2.05) is 0 Å². The molecule has 1 amide bonds. The average molecular weight is 381 g/mol. The smallest absolute Gasteiger partial charge is 0.386 e. The van der Waals surface area contributed by atoms with Crippen LogP contribution in [0.2, 0.25) is 5.02 Å². The number of pyridine rings is 1. The number of nitrogens with zero attached hydrogens (tertiary/aromatic N) is 2. The van der Waals surface area contributed by atoms with Crippen LogP contribution in [-0.2, 0) is 17.5 Å². The molecule has 9 heteroatoms. The van der Waals surface area contributed by atoms with Crippen LogP contribution in [0.5, 0.6) is 0 Å². The van der Waals surface area contributed by atoms with Gasteiger partial charge in [0, 0.05) is 30.8 Å². The average Bonchev–Trinajstić information content (AvgIpc) is 2.60. The molecule has 0 aliphatic rings. The van der Waals surface area contributed by atoms with E-state index in [4.69, 9.17) is 16.9 Å². The molecule has 5 nitrogen and oxygen atoms in total. The summed E-state index contributed by atoms with van der Waals surface area (Å²) in [5.74, 6) is -0.846. The molecule has 0 fully saturated rings. The molecule has 2 aromatic rings. The van der Waals surface area contributed by atoms with E-state index in [9.17, 15) is 18.0 Å². The Balaban J connectivity index is 2.07. The molecule has 1 aromatic carbocycles. The maximum atomic E-state index is 12.8. The molecular formula is C17H12ClF3N4O. The number of hydrogen-bond acceptors (Lipinski definition) is 4. The molecule has 0 atom stereocenters. The molecule has 0 radical (unpaired) electrons. The van der Waals surface area contributed by atoms with E-state index in [0.717, 1.165) is 11.6 Å². The van der Waals surface area contributed by atoms with E-state index >= 15 is 0 Å². The lowest BCUT2D eigenvalue weighted by Crippen LogP contribution is -2.17. The van der Waals surface area contributed by atoms with Crippen LogP contribution in [0.15, 0.2) is 54.5 Å². The van der Waals surface area contributed by atoms with E-state index in [1.165, 1.54) is 12.3 Å². The van der Waals surface area contributed by atoms with E-state index in [0.29, 0.717) is 12.6 Å². The van der Waals surface area contributed by atoms with Gasteiger partial charge < -0.3 is 10.6 Å². The van der Waals surface area contributed by atoms with E-state index in [1.54, 1.807) is 30.6 Å². The highest BCUT2D eigenvalue weighted by Gasteiger charge is 2.33. The number of rotatable bonds is 5. The molecule has 0 bridgehead atoms. The first-order chi connectivity index (χ1) is 12.3. The Morgan fingerprint density at radius 1 is 1.35 bits per heavy atom. The second-order valence-corrected chi connectivity index (χ2v) is 5.47. The molecule has 1 aromatic heterocycles. The summed E-state index contributed by atoms with van der Waals surface area (Å²) in [5.41, 5.74) is -0.666. The quantitative estimate of drug-likeness (QED) is 0.609. The number of benzene rings is 1. The molecule has 0 spiro atoms. The minimum atomic E-state index is -4.66. The largest absolute Gasteiger partial charge is 0.417 e. The minimum absolute atomic E-state index is 0.125. The summed E-state index contributed by atoms with van der Waals surface area (Å²) in [6.45, 7) is 0.325. The number of hydrogen-bond donors (Lipinski definition) is 2. The number of carbonyl (C=O) groups is 1. The van der Waals surface area contributed by atoms with Gasteiger partial charge in [-0.15, -0.1) is 0 Å². The molecule has 2 rings (SSSR count). The summed E-state index contributed by atoms with van der Waals surface area (Å²) >= 11 is 5.52. The normalized spacial score (nSPS) is 11.6. The van der Waals surface area contributed by atoms with Crippen LogP contribution in [-0.4, -0.2) is 10.9 Å². The Labute approximate surface area is 152 Å². The highest BCUT2D eigenvalue weighted by Crippen LogP contribution is 2.36. The summed E-state index contributed by atoms with van der Waals surface area (Å²) in [7, 11) is 0. The van der Waals surface area contributed by atoms with E-state index in [-0.39, 0.29) is 11.3 Å². The van der Waals surface area contributed by atoms with Crippen molar-refractivity contribution >= 4 is 23.2 Å². The van der Waals surface area contributed by atoms with Crippen molar-refractivity contribution in [3.05, 3.63) is 70.6 Å². The lowest BCUT2D eigenvalue weighted by Gasteiger charge is -2.11. The van der Waals surface area contributed by atoms with Gasteiger partial charge in [0.25, 0.3) is 5.91 Å². The van der Waals surface area contributed by atoms with Gasteiger partial charge in [0.1, 0.15) is 11.6 Å². The predicted molar refractivity (Wildman–Crippen MR) is 89.9 cm³/mol. The zero-order valence-electron chi connectivity index (χ0n) is 13.1. The van der Waals surface area contributed by atoms with Gasteiger partial charge in [0.15, 0.2) is 0 Å². The molecule has 26 heavy (non-hydrogen) atoms. The Hall–Kier alpha value is -3.05. The van der Waals surface area contributed by atoms with Gasteiger partial charge in [-0.25, -0.2) is 0 Å². The molecule has 1 heterocycles. The van der Waals surface area contributed by atoms with Crippen molar-refractivity contribution in [1.29, 1.82) is 5.26 Å². The van der Waals surface area contributed by atoms with Crippen molar-refractivity contribution < 1.29 is 18.0 Å². The van der Waals surface area contributed by atoms with Crippen molar-refractivity contribution in [2.75, 3.05) is 5.32 Å². The zero-order valence-corrected chi connectivity index (χ0v) is 13.9. The lowest BCUT2D eigenvalue weighted by atomic mass is 10.2. The SMILES string of the molecule is N#C/C(=C/NCc1cccnc1)C(=O)Nc1ccc(Cl)c(C(F)(F)F)c1. The number of alkyl halides is 3. The highest BCUT2D eigenvalue weighted by molar-refractivity contribution is 6.31. The Bertz CT molecular complexity index is 861. The molecule has 0 aliphatic heterocycles. The zero-order chi connectivity index (χ0) is 19.2. The molecule has 0 saturated heterocycles. The molecular weight excluding hydrogens is 369 g/mol. The number of halogens is 4. The standard InChI is InChI=1S/C17H12ClF3N4O/c18-15-4-3-13(6-14(15)17(19,20)21)25-16(26)12(7-22)10-24-9-11-2-1-5-23-8-11/h1-6,8,10,24H,9H2,(H,25,26)/b12-10-. The Morgan fingerprint density at radius 3 is 2.73 bits per heavy atom. The third kappa shape index (κ3) is 5.22. The fourth-order valence-electron chi connectivity index (χ4n) is 1.94. The Kier molecular flexibility index (Phi) is 6.20. The molecule has 2 N–H and O–H groups in total. The van der Waals surface area contributed by atoms with Gasteiger partial charge in [0.05, 0.1) is 10.6 Å². The molecule has 0 saturated carbocycles. The van der Waals surface area contributed by atoms with Gasteiger partial charge in [-0.1, -0.05) is 17.7 Å². The predicted octanol–water partition coefficient (Wildman–Crippen LogP) is 3.89. The van der Waals surface area contributed by atoms with Gasteiger partial charge in [-0.3, -0.25) is 9.78 Å². The van der Waals surface area contributed by atoms with Crippen LogP contribution in [0.1, 0.15) is 11.1 Å². The first-order valence-electron chi connectivity index (χ1n) is 7.22. The third-order valence-corrected chi connectivity index (χ3v) is 3.50. The van der Waals surface area contributed by atoms with Gasteiger partial charge in [0.2, 0.25) is 0 Å². The first-order valence-corrected chi connectivity index (χ1v) is 7.59. The third-order valence-electron chi connectivity index (χ3n) is 3.17. The van der Waals surface area contributed by atoms with Crippen molar-refractivity contribution in [2.45, 2.75) is 12.7 Å². The van der Waals surface area contributed by atoms with Crippen molar-refractivity contribution in [2.24, 2.45) is 0 Å². The first kappa shape index (κ1) is 19.3. The number of anilines is 1.